The molecule has 0 bridgehead atoms. The van der Waals surface area contributed by atoms with Gasteiger partial charge in [0.05, 0.1) is 4.92 Å². The molecule has 0 aliphatic heterocycles. The molecule has 0 radical (unpaired) electrons. The first-order valence-corrected chi connectivity index (χ1v) is 5.50. The van der Waals surface area contributed by atoms with Crippen LogP contribution in [0.1, 0.15) is 19.4 Å². The Morgan fingerprint density at radius 3 is 2.64 bits per heavy atom. The van der Waals surface area contributed by atoms with Gasteiger partial charge in [0.25, 0.3) is 5.69 Å². The van der Waals surface area contributed by atoms with Gasteiger partial charge in [-0.15, -0.1) is 0 Å². The van der Waals surface area contributed by atoms with Crippen molar-refractivity contribution in [1.29, 1.82) is 0 Å². The van der Waals surface area contributed by atoms with Crippen LogP contribution in [-0.2, 0) is 5.75 Å². The highest BCUT2D eigenvalue weighted by Gasteiger charge is 2.11. The van der Waals surface area contributed by atoms with Crippen LogP contribution in [0.25, 0.3) is 0 Å². The van der Waals surface area contributed by atoms with E-state index in [0.29, 0.717) is 11.0 Å². The lowest BCUT2D eigenvalue weighted by Gasteiger charge is -2.04. The van der Waals surface area contributed by atoms with Gasteiger partial charge in [0.1, 0.15) is 0 Å². The van der Waals surface area contributed by atoms with E-state index >= 15 is 0 Å². The molecule has 0 aliphatic rings. The zero-order valence-electron chi connectivity index (χ0n) is 8.27. The Morgan fingerprint density at radius 2 is 2.07 bits per heavy atom. The van der Waals surface area contributed by atoms with Crippen LogP contribution in [0, 0.1) is 10.1 Å². The Kier molecular flexibility index (Phi) is 3.95. The van der Waals surface area contributed by atoms with Gasteiger partial charge in [0.2, 0.25) is 0 Å². The summed E-state index contributed by atoms with van der Waals surface area (Å²) < 4.78 is 0. The fraction of sp³-hybridized carbons (Fsp3) is 0.400. The largest absolute Gasteiger partial charge is 0.273 e. The topological polar surface area (TPSA) is 43.1 Å². The molecule has 0 amide bonds. The average molecular weight is 211 g/mol. The van der Waals surface area contributed by atoms with Crippen molar-refractivity contribution in [2.24, 2.45) is 0 Å². The lowest BCUT2D eigenvalue weighted by Crippen LogP contribution is -1.95. The van der Waals surface area contributed by atoms with E-state index in [9.17, 15) is 10.1 Å². The minimum atomic E-state index is -0.323. The van der Waals surface area contributed by atoms with Crippen molar-refractivity contribution >= 4 is 17.4 Å². The molecule has 4 heteroatoms. The minimum Gasteiger partial charge on any atom is -0.258 e. The first-order valence-electron chi connectivity index (χ1n) is 4.45. The van der Waals surface area contributed by atoms with Crippen LogP contribution in [0.15, 0.2) is 24.3 Å². The summed E-state index contributed by atoms with van der Waals surface area (Å²) >= 11 is 1.71. The molecule has 0 saturated carbocycles. The normalized spacial score (nSPS) is 10.5. The quantitative estimate of drug-likeness (QED) is 0.567. The Morgan fingerprint density at radius 1 is 1.43 bits per heavy atom. The van der Waals surface area contributed by atoms with Gasteiger partial charge in [-0.1, -0.05) is 32.0 Å². The van der Waals surface area contributed by atoms with E-state index in [1.807, 2.05) is 12.1 Å². The molecule has 1 aromatic rings. The van der Waals surface area contributed by atoms with Crippen LogP contribution in [-0.4, -0.2) is 10.2 Å². The molecule has 1 rings (SSSR count). The van der Waals surface area contributed by atoms with Crippen molar-refractivity contribution in [3.63, 3.8) is 0 Å². The lowest BCUT2D eigenvalue weighted by atomic mass is 10.2. The van der Waals surface area contributed by atoms with Crippen LogP contribution in [0.4, 0.5) is 5.69 Å². The van der Waals surface area contributed by atoms with Crippen molar-refractivity contribution < 1.29 is 4.92 Å². The molecule has 0 saturated heterocycles. The number of rotatable bonds is 4. The average Bonchev–Trinajstić information content (AvgIpc) is 2.15. The van der Waals surface area contributed by atoms with E-state index in [4.69, 9.17) is 0 Å². The van der Waals surface area contributed by atoms with Gasteiger partial charge in [-0.25, -0.2) is 0 Å². The standard InChI is InChI=1S/C10H13NO2S/c1-8(2)14-7-9-5-3-4-6-10(9)11(12)13/h3-6,8H,7H2,1-2H3. The molecule has 0 N–H and O–H groups in total. The van der Waals surface area contributed by atoms with Gasteiger partial charge < -0.3 is 0 Å². The van der Waals surface area contributed by atoms with Gasteiger partial charge in [-0.05, 0) is 5.25 Å². The number of nitro benzene ring substituents is 1. The monoisotopic (exact) mass is 211 g/mol. The number of nitro groups is 1. The molecule has 3 nitrogen and oxygen atoms in total. The highest BCUT2D eigenvalue weighted by molar-refractivity contribution is 7.99. The fourth-order valence-electron chi connectivity index (χ4n) is 1.07. The molecule has 0 atom stereocenters. The summed E-state index contributed by atoms with van der Waals surface area (Å²) in [5.74, 6) is 0.703. The van der Waals surface area contributed by atoms with Crippen LogP contribution in [0.3, 0.4) is 0 Å². The Labute approximate surface area is 87.7 Å². The smallest absolute Gasteiger partial charge is 0.258 e. The Hall–Kier alpha value is -1.03. The van der Waals surface area contributed by atoms with Crippen LogP contribution in [0.5, 0.6) is 0 Å². The highest BCUT2D eigenvalue weighted by Crippen LogP contribution is 2.24. The summed E-state index contributed by atoms with van der Waals surface area (Å²) in [4.78, 5) is 10.3. The molecule has 0 spiro atoms. The van der Waals surface area contributed by atoms with Crippen molar-refractivity contribution in [2.75, 3.05) is 0 Å². The first-order chi connectivity index (χ1) is 6.61. The van der Waals surface area contributed by atoms with Crippen molar-refractivity contribution in [3.8, 4) is 0 Å². The molecule has 0 aromatic heterocycles. The third kappa shape index (κ3) is 3.03. The molecule has 0 fully saturated rings. The first kappa shape index (κ1) is 11.0. The van der Waals surface area contributed by atoms with E-state index in [1.54, 1.807) is 23.9 Å². The number of nitrogens with zero attached hydrogens (tertiary/aromatic N) is 1. The summed E-state index contributed by atoms with van der Waals surface area (Å²) in [6.45, 7) is 4.17. The van der Waals surface area contributed by atoms with Crippen LogP contribution >= 0.6 is 11.8 Å². The van der Waals surface area contributed by atoms with Gasteiger partial charge in [0, 0.05) is 17.4 Å². The van der Waals surface area contributed by atoms with Gasteiger partial charge in [-0.3, -0.25) is 10.1 Å². The molecule has 0 heterocycles. The van der Waals surface area contributed by atoms with Gasteiger partial charge in [0.15, 0.2) is 0 Å². The summed E-state index contributed by atoms with van der Waals surface area (Å²) in [5.41, 5.74) is 1.02. The molecule has 76 valence electrons. The number of para-hydroxylation sites is 1. The maximum absolute atomic E-state index is 10.7. The second-order valence-corrected chi connectivity index (χ2v) is 4.81. The number of hydrogen-bond acceptors (Lipinski definition) is 3. The predicted octanol–water partition coefficient (Wildman–Crippen LogP) is 3.24. The van der Waals surface area contributed by atoms with Crippen molar-refractivity contribution in [2.45, 2.75) is 24.9 Å². The summed E-state index contributed by atoms with van der Waals surface area (Å²) in [7, 11) is 0. The van der Waals surface area contributed by atoms with E-state index in [1.165, 1.54) is 0 Å². The fourth-order valence-corrected chi connectivity index (χ4v) is 1.82. The summed E-state index contributed by atoms with van der Waals surface area (Å²) in [6.07, 6.45) is 0. The molecule has 0 aliphatic carbocycles. The zero-order chi connectivity index (χ0) is 10.6. The SMILES string of the molecule is CC(C)SCc1ccccc1[N+](=O)[O-]. The number of benzene rings is 1. The van der Waals surface area contributed by atoms with Crippen molar-refractivity contribution in [3.05, 3.63) is 39.9 Å². The third-order valence-corrected chi connectivity index (χ3v) is 2.90. The zero-order valence-corrected chi connectivity index (χ0v) is 9.08. The lowest BCUT2D eigenvalue weighted by molar-refractivity contribution is -0.385. The van der Waals surface area contributed by atoms with E-state index in [-0.39, 0.29) is 10.6 Å². The number of thioether (sulfide) groups is 1. The minimum absolute atomic E-state index is 0.223. The summed E-state index contributed by atoms with van der Waals surface area (Å²) in [6, 6.07) is 6.90. The second kappa shape index (κ2) is 5.00. The molecular formula is C10H13NO2S. The summed E-state index contributed by atoms with van der Waals surface area (Å²) in [5, 5.41) is 11.2. The molecule has 14 heavy (non-hydrogen) atoms. The van der Waals surface area contributed by atoms with Crippen LogP contribution in [0.2, 0.25) is 0 Å². The number of hydrogen-bond donors (Lipinski definition) is 0. The molecule has 0 unspecified atom stereocenters. The molecule has 1 aromatic carbocycles. The highest BCUT2D eigenvalue weighted by atomic mass is 32.2. The third-order valence-electron chi connectivity index (χ3n) is 1.76. The Bertz CT molecular complexity index is 326. The van der Waals surface area contributed by atoms with Crippen molar-refractivity contribution in [1.82, 2.24) is 0 Å². The van der Waals surface area contributed by atoms with E-state index < -0.39 is 0 Å². The Balaban J connectivity index is 2.79. The van der Waals surface area contributed by atoms with Gasteiger partial charge in [-0.2, -0.15) is 11.8 Å². The van der Waals surface area contributed by atoms with E-state index in [0.717, 1.165) is 5.56 Å². The maximum Gasteiger partial charge on any atom is 0.273 e. The second-order valence-electron chi connectivity index (χ2n) is 3.25. The van der Waals surface area contributed by atoms with Crippen LogP contribution < -0.4 is 0 Å². The predicted molar refractivity (Wildman–Crippen MR) is 59.5 cm³/mol. The maximum atomic E-state index is 10.7. The van der Waals surface area contributed by atoms with E-state index in [2.05, 4.69) is 13.8 Å². The molecular weight excluding hydrogens is 198 g/mol. The van der Waals surface area contributed by atoms with Gasteiger partial charge >= 0.3 is 0 Å².